The molecule has 5 aliphatic rings. The predicted molar refractivity (Wildman–Crippen MR) is 574 cm³/mol. The number of carbonyl (C=O) groups excluding carboxylic acids is 5. The molecule has 5 amide bonds. The van der Waals surface area contributed by atoms with Crippen LogP contribution in [0.2, 0.25) is 0 Å². The smallest absolute Gasteiger partial charge is 0.260 e. The van der Waals surface area contributed by atoms with Crippen LogP contribution in [0.15, 0.2) is 268 Å². The number of nitrogens with two attached hydrogens (primary N) is 3. The Balaban J connectivity index is 0.000000133. The van der Waals surface area contributed by atoms with Gasteiger partial charge in [-0.1, -0.05) is 42.0 Å². The molecule has 770 valence electrons. The Bertz CT molecular complexity index is 8180. The maximum atomic E-state index is 13.8. The number of hydrogen-bond donors (Lipinski definition) is 8. The second-order valence-corrected chi connectivity index (χ2v) is 43.9. The first-order chi connectivity index (χ1) is 70.8. The van der Waals surface area contributed by atoms with Gasteiger partial charge in [0.15, 0.2) is 48.8 Å². The van der Waals surface area contributed by atoms with E-state index in [9.17, 15) is 70.5 Å². The van der Waals surface area contributed by atoms with Gasteiger partial charge in [-0.2, -0.15) is 24.9 Å². The molecule has 11 N–H and O–H groups in total. The van der Waals surface area contributed by atoms with Crippen LogP contribution in [0, 0.1) is 33.5 Å². The molecule has 10 heterocycles. The topological polar surface area (TPSA) is 556 Å². The second-order valence-electron chi connectivity index (χ2n) is 35.2. The molecule has 0 saturated carbocycles. The van der Waals surface area contributed by atoms with Gasteiger partial charge < -0.3 is 75.6 Å². The van der Waals surface area contributed by atoms with E-state index in [4.69, 9.17) is 15.4 Å². The molecular formula is C101H99FN28O15S5. The van der Waals surface area contributed by atoms with Crippen LogP contribution in [0.5, 0.6) is 0 Å². The second kappa shape index (κ2) is 41.4. The van der Waals surface area contributed by atoms with Crippen molar-refractivity contribution in [3.05, 3.63) is 299 Å². The summed E-state index contributed by atoms with van der Waals surface area (Å²) in [6, 6.07) is 57.0. The fourth-order valence-corrected chi connectivity index (χ4v) is 19.5. The van der Waals surface area contributed by atoms with Crippen LogP contribution < -0.4 is 91.0 Å². The van der Waals surface area contributed by atoms with Gasteiger partial charge in [0.1, 0.15) is 34.3 Å². The fourth-order valence-electron chi connectivity index (χ4n) is 16.7. The Kier molecular flexibility index (Phi) is 29.1. The molecular weight excluding hydrogens is 2020 g/mol. The number of anilines is 25. The standard InChI is InChI=1S/2C21H21N5O3S.2C20H20N6O3S.C19H17FN6O3S/c1-13-5-10-17-16(11-13)20(27)26(3)18-12-22-21(24-19(18)25(17)2)23-14-6-8-15(9-7-14)30(4,28)29;1-13-6-5-7-16-18(13)26(3)19-17(25(2)20(16)27)12-22-21(24-19)23-14-8-10-15(11-9-14)30(4,28)29;1-12-4-9-15-16(10-12)25(2)18-17(26(3)19(15)27)11-22-20(24-18)23-13-5-7-14(8-6-13)30(21,28)29;1-12-5-4-6-15-17(12)26(3)18-16(25(2)19(15)27)11-22-20(24-18)23-13-7-9-14(10-8-13)30(21,28)29;1-25-15-9-11(20)3-8-14(15)18(27)26(2)16-10-22-19(24-17(16)25)23-12-4-6-13(7-5-12)30(21,28)29/h2*5-12H,1-4H3,(H,22,23,24);2*4-11H,1-3H3,(H2,21,28,29)(H,22,23,24);3-10H,1-2H3,(H2,21,28,29)(H,22,23,24). The highest BCUT2D eigenvalue weighted by atomic mass is 32.2. The van der Waals surface area contributed by atoms with Gasteiger partial charge in [0.25, 0.3) is 29.5 Å². The van der Waals surface area contributed by atoms with Gasteiger partial charge >= 0.3 is 0 Å². The zero-order chi connectivity index (χ0) is 108. The summed E-state index contributed by atoms with van der Waals surface area (Å²) in [5.74, 6) is 2.89. The molecule has 0 spiro atoms. The number of rotatable bonds is 15. The molecule has 0 radical (unpaired) electrons. The van der Waals surface area contributed by atoms with Gasteiger partial charge in [0.2, 0.25) is 59.8 Å². The third-order valence-electron chi connectivity index (χ3n) is 24.7. The number of halogens is 1. The van der Waals surface area contributed by atoms with Crippen molar-refractivity contribution >= 4 is 223 Å². The van der Waals surface area contributed by atoms with Crippen molar-refractivity contribution in [2.75, 3.05) is 159 Å². The molecule has 20 rings (SSSR count). The van der Waals surface area contributed by atoms with Crippen molar-refractivity contribution in [1.82, 2.24) is 49.8 Å². The molecule has 5 aromatic heterocycles. The van der Waals surface area contributed by atoms with Crippen LogP contribution >= 0.6 is 0 Å². The largest absolute Gasteiger partial charge is 0.327 e. The minimum atomic E-state index is -3.79. The van der Waals surface area contributed by atoms with E-state index < -0.39 is 55.6 Å². The molecule has 10 aromatic carbocycles. The molecule has 15 aromatic rings. The SMILES string of the molecule is CN1C(=O)c2ccc(F)cc2N(C)c2nc(Nc3ccc(S(N)(=O)=O)cc3)ncc21.Cc1ccc2c(c1)C(=O)N(C)c1cnc(Nc3ccc(S(C)(=O)=O)cc3)nc1N2C.Cc1ccc2c(c1)N(C)c1nc(Nc3ccc(S(N)(=O)=O)cc3)ncc1N(C)C2=O.Cc1cccc2c1N(C)c1nc(Nc3ccc(S(C)(=O)=O)cc3)ncc1N(C)C2=O.Cc1cccc2c1N(C)c1nc(Nc3ccc(S(N)(=O)=O)cc3)ncc1N(C)C2=O. The molecule has 0 unspecified atom stereocenters. The Morgan fingerprint density at radius 3 is 0.793 bits per heavy atom. The van der Waals surface area contributed by atoms with Crippen LogP contribution in [-0.2, 0) is 49.7 Å². The first-order valence-corrected chi connectivity index (χ1v) is 53.7. The summed E-state index contributed by atoms with van der Waals surface area (Å²) >= 11 is 0. The predicted octanol–water partition coefficient (Wildman–Crippen LogP) is 14.0. The van der Waals surface area contributed by atoms with Crippen LogP contribution in [0.1, 0.15) is 74.0 Å². The highest BCUT2D eigenvalue weighted by Gasteiger charge is 2.37. The first kappa shape index (κ1) is 105. The first-order valence-electron chi connectivity index (χ1n) is 45.3. The van der Waals surface area contributed by atoms with Crippen molar-refractivity contribution < 1.29 is 70.5 Å². The quantitative estimate of drug-likeness (QED) is 0.0472. The molecule has 0 saturated heterocycles. The fraction of sp³-hybridized carbons (Fsp3) is 0.158. The summed E-state index contributed by atoms with van der Waals surface area (Å²) in [7, 11) is -0.357. The monoisotopic (exact) mass is 2120 g/mol. The van der Waals surface area contributed by atoms with Gasteiger partial charge in [-0.05, 0) is 220 Å². The average molecular weight is 2120 g/mol. The number of para-hydroxylation sites is 2. The molecule has 0 bridgehead atoms. The molecule has 150 heavy (non-hydrogen) atoms. The summed E-state index contributed by atoms with van der Waals surface area (Å²) in [6.07, 6.45) is 10.2. The normalized spacial score (nSPS) is 13.5. The Morgan fingerprint density at radius 1 is 0.253 bits per heavy atom. The van der Waals surface area contributed by atoms with Crippen molar-refractivity contribution in [2.45, 2.75) is 52.2 Å². The highest BCUT2D eigenvalue weighted by Crippen LogP contribution is 2.46. The van der Waals surface area contributed by atoms with E-state index in [1.807, 2.05) is 136 Å². The molecule has 0 fully saturated rings. The van der Waals surface area contributed by atoms with Crippen molar-refractivity contribution in [3.8, 4) is 0 Å². The van der Waals surface area contributed by atoms with Crippen LogP contribution in [-0.4, -0.2) is 204 Å². The zero-order valence-corrected chi connectivity index (χ0v) is 87.4. The number of nitrogens with zero attached hydrogens (tertiary/aromatic N) is 20. The maximum absolute atomic E-state index is 13.8. The highest BCUT2D eigenvalue weighted by molar-refractivity contribution is 7.91. The van der Waals surface area contributed by atoms with E-state index in [2.05, 4.69) is 76.4 Å². The number of fused-ring (bicyclic) bond motifs is 10. The van der Waals surface area contributed by atoms with Crippen molar-refractivity contribution in [1.29, 1.82) is 0 Å². The average Bonchev–Trinajstić information content (AvgIpc) is 1.62. The molecule has 5 aliphatic heterocycles. The van der Waals surface area contributed by atoms with Crippen LogP contribution in [0.3, 0.4) is 0 Å². The summed E-state index contributed by atoms with van der Waals surface area (Å²) in [5.41, 5.74) is 16.0. The minimum absolute atomic E-state index is 0.0164. The van der Waals surface area contributed by atoms with E-state index in [0.29, 0.717) is 143 Å². The van der Waals surface area contributed by atoms with Crippen molar-refractivity contribution in [3.63, 3.8) is 0 Å². The summed E-state index contributed by atoms with van der Waals surface area (Å²) in [5, 5.41) is 30.6. The molecule has 0 atom stereocenters. The van der Waals surface area contributed by atoms with E-state index in [0.717, 1.165) is 51.3 Å². The van der Waals surface area contributed by atoms with E-state index in [-0.39, 0.29) is 60.0 Å². The number of sulfonamides is 3. The molecule has 49 heteroatoms. The van der Waals surface area contributed by atoms with Gasteiger partial charge in [-0.3, -0.25) is 24.0 Å². The maximum Gasteiger partial charge on any atom is 0.260 e. The van der Waals surface area contributed by atoms with Gasteiger partial charge in [-0.25, -0.2) is 86.8 Å². The Morgan fingerprint density at radius 2 is 0.500 bits per heavy atom. The third kappa shape index (κ3) is 22.1. The zero-order valence-electron chi connectivity index (χ0n) is 83.3. The lowest BCUT2D eigenvalue weighted by atomic mass is 10.1. The Hall–Kier alpha value is -17.5. The number of hydrogen-bond acceptors (Lipinski definition) is 35. The summed E-state index contributed by atoms with van der Waals surface area (Å²) in [6.45, 7) is 7.81. The number of aromatic nitrogens is 10. The van der Waals surface area contributed by atoms with Gasteiger partial charge in [0, 0.05) is 111 Å². The Labute approximate surface area is 863 Å². The van der Waals surface area contributed by atoms with Crippen LogP contribution in [0.25, 0.3) is 0 Å². The molecule has 0 aliphatic carbocycles. The van der Waals surface area contributed by atoms with Crippen molar-refractivity contribution in [2.24, 2.45) is 15.4 Å². The number of sulfone groups is 2. The summed E-state index contributed by atoms with van der Waals surface area (Å²) in [4.78, 5) is 126. The number of carbonyl (C=O) groups is 5. The minimum Gasteiger partial charge on any atom is -0.327 e. The number of amides is 5. The third-order valence-corrected chi connectivity index (χ3v) is 29.8. The lowest BCUT2D eigenvalue weighted by Gasteiger charge is -2.22. The van der Waals surface area contributed by atoms with Gasteiger partial charge in [-0.15, -0.1) is 0 Å². The number of benzene rings is 10. The number of aryl methyl sites for hydroxylation is 4. The molecule has 43 nitrogen and oxygen atoms in total. The number of primary sulfonamides is 3. The van der Waals surface area contributed by atoms with Gasteiger partial charge in [0.05, 0.1) is 112 Å². The lowest BCUT2D eigenvalue weighted by Crippen LogP contribution is -2.25. The van der Waals surface area contributed by atoms with E-state index >= 15 is 0 Å². The van der Waals surface area contributed by atoms with Crippen LogP contribution in [0.4, 0.5) is 149 Å². The number of nitrogens with one attached hydrogen (secondary N) is 5. The van der Waals surface area contributed by atoms with E-state index in [1.165, 1.54) is 118 Å². The summed E-state index contributed by atoms with van der Waals surface area (Å²) < 4.78 is 129. The lowest BCUT2D eigenvalue weighted by molar-refractivity contribution is 0.0986. The van der Waals surface area contributed by atoms with E-state index in [1.54, 1.807) is 142 Å².